The van der Waals surface area contributed by atoms with Crippen molar-refractivity contribution >= 4 is 0 Å². The molecule has 0 aromatic carbocycles. The van der Waals surface area contributed by atoms with Gasteiger partial charge in [-0.1, -0.05) is 46.6 Å². The summed E-state index contributed by atoms with van der Waals surface area (Å²) in [5.41, 5.74) is -0.0969. The number of hydrogen-bond acceptors (Lipinski definition) is 1. The molecule has 0 spiro atoms. The van der Waals surface area contributed by atoms with Crippen LogP contribution in [0.25, 0.3) is 0 Å². The van der Waals surface area contributed by atoms with E-state index in [1.165, 1.54) is 6.42 Å². The zero-order chi connectivity index (χ0) is 11.2. The van der Waals surface area contributed by atoms with Crippen LogP contribution in [-0.2, 0) is 0 Å². The van der Waals surface area contributed by atoms with E-state index in [1.807, 2.05) is 6.08 Å². The molecule has 1 N–H and O–H groups in total. The predicted octanol–water partition coefficient (Wildman–Crippen LogP) is 3.78. The summed E-state index contributed by atoms with van der Waals surface area (Å²) in [6.45, 7) is 12.4. The molecule has 0 unspecified atom stereocenters. The van der Waals surface area contributed by atoms with Gasteiger partial charge in [0.05, 0.1) is 6.10 Å². The molecule has 0 rings (SSSR count). The molecule has 1 nitrogen and oxygen atoms in total. The van der Waals surface area contributed by atoms with Crippen molar-refractivity contribution in [3.05, 3.63) is 12.7 Å². The highest BCUT2D eigenvalue weighted by molar-refractivity contribution is 4.96. The molecule has 0 radical (unpaired) electrons. The third-order valence-corrected chi connectivity index (χ3v) is 2.99. The molecular weight excluding hydrogens is 172 g/mol. The van der Waals surface area contributed by atoms with Crippen LogP contribution in [0.3, 0.4) is 0 Å². The number of aliphatic hydroxyl groups is 1. The van der Waals surface area contributed by atoms with Crippen LogP contribution in [0.1, 0.15) is 53.4 Å². The maximum atomic E-state index is 10.1. The summed E-state index contributed by atoms with van der Waals surface area (Å²) in [6, 6.07) is 0. The summed E-state index contributed by atoms with van der Waals surface area (Å²) in [4.78, 5) is 0. The van der Waals surface area contributed by atoms with Gasteiger partial charge in [-0.25, -0.2) is 0 Å². The van der Waals surface area contributed by atoms with Crippen molar-refractivity contribution < 1.29 is 5.11 Å². The summed E-state index contributed by atoms with van der Waals surface area (Å²) < 4.78 is 0. The average molecular weight is 198 g/mol. The Hall–Kier alpha value is -0.300. The molecule has 0 aliphatic rings. The van der Waals surface area contributed by atoms with Gasteiger partial charge in [0.25, 0.3) is 0 Å². The Morgan fingerprint density at radius 2 is 2.00 bits per heavy atom. The van der Waals surface area contributed by atoms with E-state index in [-0.39, 0.29) is 11.5 Å². The topological polar surface area (TPSA) is 20.2 Å². The second kappa shape index (κ2) is 6.23. The minimum absolute atomic E-state index is 0.0969. The number of aliphatic hydroxyl groups excluding tert-OH is 1. The largest absolute Gasteiger partial charge is 0.392 e. The maximum Gasteiger partial charge on any atom is 0.0630 e. The van der Waals surface area contributed by atoms with E-state index in [2.05, 4.69) is 34.3 Å². The summed E-state index contributed by atoms with van der Waals surface area (Å²) >= 11 is 0. The maximum absolute atomic E-state index is 10.1. The molecule has 0 bridgehead atoms. The summed E-state index contributed by atoms with van der Waals surface area (Å²) in [5, 5.41) is 10.1. The van der Waals surface area contributed by atoms with Crippen LogP contribution in [0.4, 0.5) is 0 Å². The lowest BCUT2D eigenvalue weighted by atomic mass is 9.77. The Morgan fingerprint density at radius 3 is 2.36 bits per heavy atom. The second-order valence-electron chi connectivity index (χ2n) is 4.96. The van der Waals surface area contributed by atoms with Crippen LogP contribution in [-0.4, -0.2) is 11.2 Å². The van der Waals surface area contributed by atoms with Gasteiger partial charge in [-0.3, -0.25) is 0 Å². The van der Waals surface area contributed by atoms with Gasteiger partial charge in [-0.05, 0) is 18.8 Å². The van der Waals surface area contributed by atoms with Crippen molar-refractivity contribution in [2.75, 3.05) is 0 Å². The third kappa shape index (κ3) is 4.28. The van der Waals surface area contributed by atoms with Gasteiger partial charge in [0.1, 0.15) is 0 Å². The molecule has 84 valence electrons. The standard InChI is InChI=1S/C13H26O/c1-6-8-9-13(5,7-2)12(14)10-11(3)4/h7,11-12,14H,2,6,8-10H2,1,3-5H3/t12-,13-/m1/s1. The lowest BCUT2D eigenvalue weighted by molar-refractivity contribution is 0.0453. The highest BCUT2D eigenvalue weighted by atomic mass is 16.3. The van der Waals surface area contributed by atoms with Crippen molar-refractivity contribution in [2.45, 2.75) is 59.5 Å². The molecular formula is C13H26O. The molecule has 0 saturated carbocycles. The molecule has 0 aliphatic carbocycles. The van der Waals surface area contributed by atoms with Crippen molar-refractivity contribution in [1.82, 2.24) is 0 Å². The van der Waals surface area contributed by atoms with Crippen LogP contribution in [0, 0.1) is 11.3 Å². The molecule has 0 aliphatic heterocycles. The van der Waals surface area contributed by atoms with E-state index in [4.69, 9.17) is 0 Å². The van der Waals surface area contributed by atoms with Crippen LogP contribution in [0.2, 0.25) is 0 Å². The van der Waals surface area contributed by atoms with E-state index < -0.39 is 0 Å². The van der Waals surface area contributed by atoms with Crippen molar-refractivity contribution in [3.8, 4) is 0 Å². The normalized spacial score (nSPS) is 17.9. The summed E-state index contributed by atoms with van der Waals surface area (Å²) in [7, 11) is 0. The lowest BCUT2D eigenvalue weighted by Gasteiger charge is -2.32. The zero-order valence-corrected chi connectivity index (χ0v) is 10.2. The van der Waals surface area contributed by atoms with E-state index in [0.29, 0.717) is 5.92 Å². The van der Waals surface area contributed by atoms with Crippen molar-refractivity contribution in [3.63, 3.8) is 0 Å². The van der Waals surface area contributed by atoms with Crippen LogP contribution in [0.5, 0.6) is 0 Å². The lowest BCUT2D eigenvalue weighted by Crippen LogP contribution is -2.31. The number of unbranched alkanes of at least 4 members (excludes halogenated alkanes) is 1. The fourth-order valence-electron chi connectivity index (χ4n) is 1.68. The van der Waals surface area contributed by atoms with Gasteiger partial charge in [0.2, 0.25) is 0 Å². The molecule has 0 aromatic rings. The van der Waals surface area contributed by atoms with Gasteiger partial charge in [-0.15, -0.1) is 6.58 Å². The highest BCUT2D eigenvalue weighted by Gasteiger charge is 2.29. The molecule has 1 heteroatoms. The minimum atomic E-state index is -0.244. The molecule has 0 saturated heterocycles. The monoisotopic (exact) mass is 198 g/mol. The summed E-state index contributed by atoms with van der Waals surface area (Å²) in [5.74, 6) is 0.547. The molecule has 0 aromatic heterocycles. The SMILES string of the molecule is C=C[C@](C)(CCCC)[C@H](O)CC(C)C. The Kier molecular flexibility index (Phi) is 6.10. The van der Waals surface area contributed by atoms with E-state index in [1.54, 1.807) is 0 Å². The smallest absolute Gasteiger partial charge is 0.0630 e. The van der Waals surface area contributed by atoms with Crippen LogP contribution in [0.15, 0.2) is 12.7 Å². The Bertz CT molecular complexity index is 163. The molecule has 0 heterocycles. The van der Waals surface area contributed by atoms with Gasteiger partial charge >= 0.3 is 0 Å². The number of hydrogen-bond donors (Lipinski definition) is 1. The molecule has 14 heavy (non-hydrogen) atoms. The van der Waals surface area contributed by atoms with Crippen LogP contribution < -0.4 is 0 Å². The minimum Gasteiger partial charge on any atom is -0.392 e. The van der Waals surface area contributed by atoms with Crippen molar-refractivity contribution in [1.29, 1.82) is 0 Å². The quantitative estimate of drug-likeness (QED) is 0.617. The van der Waals surface area contributed by atoms with Gasteiger partial charge < -0.3 is 5.11 Å². The van der Waals surface area contributed by atoms with E-state index in [9.17, 15) is 5.11 Å². The second-order valence-corrected chi connectivity index (χ2v) is 4.96. The first kappa shape index (κ1) is 13.7. The summed E-state index contributed by atoms with van der Waals surface area (Å²) in [6.07, 6.45) is 5.93. The fourth-order valence-corrected chi connectivity index (χ4v) is 1.68. The first-order chi connectivity index (χ1) is 6.46. The zero-order valence-electron chi connectivity index (χ0n) is 10.2. The Morgan fingerprint density at radius 1 is 1.43 bits per heavy atom. The van der Waals surface area contributed by atoms with Gasteiger partial charge in [-0.2, -0.15) is 0 Å². The van der Waals surface area contributed by atoms with Crippen LogP contribution >= 0.6 is 0 Å². The first-order valence-corrected chi connectivity index (χ1v) is 5.78. The van der Waals surface area contributed by atoms with Crippen molar-refractivity contribution in [2.24, 2.45) is 11.3 Å². The molecule has 0 fully saturated rings. The van der Waals surface area contributed by atoms with Gasteiger partial charge in [0, 0.05) is 5.41 Å². The third-order valence-electron chi connectivity index (χ3n) is 2.99. The molecule has 0 amide bonds. The molecule has 2 atom stereocenters. The number of rotatable bonds is 7. The van der Waals surface area contributed by atoms with Gasteiger partial charge in [0.15, 0.2) is 0 Å². The predicted molar refractivity (Wildman–Crippen MR) is 63.3 cm³/mol. The highest BCUT2D eigenvalue weighted by Crippen LogP contribution is 2.32. The first-order valence-electron chi connectivity index (χ1n) is 5.78. The Balaban J connectivity index is 4.26. The van der Waals surface area contributed by atoms with E-state index in [0.717, 1.165) is 19.3 Å². The average Bonchev–Trinajstić information content (AvgIpc) is 2.13. The Labute approximate surface area is 89.2 Å². The fraction of sp³-hybridized carbons (Fsp3) is 0.846. The van der Waals surface area contributed by atoms with E-state index >= 15 is 0 Å².